The predicted molar refractivity (Wildman–Crippen MR) is 106 cm³/mol. The monoisotopic (exact) mass is 360 g/mol. The molecule has 0 aliphatic rings. The second-order valence-corrected chi connectivity index (χ2v) is 6.71. The number of nitrogens with one attached hydrogen (secondary N) is 1. The van der Waals surface area contributed by atoms with Crippen LogP contribution >= 0.6 is 0 Å². The summed E-state index contributed by atoms with van der Waals surface area (Å²) in [5.41, 5.74) is 3.65. The number of aromatic nitrogens is 3. The van der Waals surface area contributed by atoms with Crippen molar-refractivity contribution in [1.29, 1.82) is 0 Å². The molecule has 1 N–H and O–H groups in total. The molecule has 0 unspecified atom stereocenters. The average Bonchev–Trinajstić information content (AvgIpc) is 2.98. The maximum atomic E-state index is 13.0. The summed E-state index contributed by atoms with van der Waals surface area (Å²) < 4.78 is 3.73. The first-order valence-electron chi connectivity index (χ1n) is 8.83. The molecule has 27 heavy (non-hydrogen) atoms. The molecule has 1 amide bonds. The summed E-state index contributed by atoms with van der Waals surface area (Å²) in [6.45, 7) is 5.65. The summed E-state index contributed by atoms with van der Waals surface area (Å²) in [5, 5.41) is 3.84. The number of amides is 1. The number of para-hydroxylation sites is 2. The minimum absolute atomic E-state index is 0.134. The lowest BCUT2D eigenvalue weighted by molar-refractivity contribution is -0.119. The molecule has 2 aromatic carbocycles. The minimum atomic E-state index is -0.505. The quantitative estimate of drug-likeness (QED) is 0.608. The molecule has 136 valence electrons. The molecule has 0 fully saturated rings. The number of hydrogen-bond acceptors (Lipinski definition) is 3. The van der Waals surface area contributed by atoms with E-state index in [1.165, 1.54) is 6.07 Å². The Bertz CT molecular complexity index is 1240. The van der Waals surface area contributed by atoms with E-state index in [9.17, 15) is 9.59 Å². The van der Waals surface area contributed by atoms with Crippen LogP contribution in [0.4, 0.5) is 5.69 Å². The van der Waals surface area contributed by atoms with Gasteiger partial charge in [0.1, 0.15) is 6.04 Å². The SMILES string of the molecule is Cc1ccccc1NC(=O)[C@H](C)n1c2ccccc2c2nc(=O)cc(C)n21. The Hall–Kier alpha value is -3.41. The maximum absolute atomic E-state index is 13.0. The Balaban J connectivity index is 1.88. The Morgan fingerprint density at radius 3 is 2.56 bits per heavy atom. The standard InChI is InChI=1S/C21H20N4O2/c1-13-8-4-6-10-17(13)22-21(27)15(3)25-18-11-7-5-9-16(18)20-23-19(26)12-14(2)24(20)25/h4-12,15H,1-3H3,(H,22,27)/t15-/m0/s1. The summed E-state index contributed by atoms with van der Waals surface area (Å²) in [6, 6.07) is 16.3. The topological polar surface area (TPSA) is 68.4 Å². The largest absolute Gasteiger partial charge is 0.324 e. The number of hydrogen-bond donors (Lipinski definition) is 1. The molecule has 6 heteroatoms. The second-order valence-electron chi connectivity index (χ2n) is 6.71. The van der Waals surface area contributed by atoms with Crippen LogP contribution in [0.15, 0.2) is 59.4 Å². The number of benzene rings is 2. The van der Waals surface area contributed by atoms with Gasteiger partial charge in [-0.25, -0.2) is 4.52 Å². The van der Waals surface area contributed by atoms with Crippen molar-refractivity contribution in [3.05, 3.63) is 76.2 Å². The molecule has 0 aliphatic carbocycles. The Morgan fingerprint density at radius 1 is 1.07 bits per heavy atom. The van der Waals surface area contributed by atoms with Gasteiger partial charge in [0, 0.05) is 22.8 Å². The molecule has 0 saturated heterocycles. The average molecular weight is 360 g/mol. The predicted octanol–water partition coefficient (Wildman–Crippen LogP) is 3.47. The molecule has 2 heterocycles. The van der Waals surface area contributed by atoms with Gasteiger partial charge in [0.25, 0.3) is 5.56 Å². The number of nitrogens with zero attached hydrogens (tertiary/aromatic N) is 3. The molecule has 0 spiro atoms. The molecule has 0 radical (unpaired) electrons. The molecule has 0 saturated carbocycles. The van der Waals surface area contributed by atoms with Gasteiger partial charge in [0.2, 0.25) is 5.91 Å². The van der Waals surface area contributed by atoms with Crippen molar-refractivity contribution in [1.82, 2.24) is 14.2 Å². The van der Waals surface area contributed by atoms with Crippen LogP contribution in [0.25, 0.3) is 16.6 Å². The lowest BCUT2D eigenvalue weighted by atomic mass is 10.2. The van der Waals surface area contributed by atoms with Gasteiger partial charge in [0.15, 0.2) is 5.65 Å². The summed E-state index contributed by atoms with van der Waals surface area (Å²) in [5.74, 6) is -0.134. The lowest BCUT2D eigenvalue weighted by Gasteiger charge is -2.18. The van der Waals surface area contributed by atoms with Gasteiger partial charge >= 0.3 is 0 Å². The first kappa shape index (κ1) is 17.0. The van der Waals surface area contributed by atoms with E-state index in [2.05, 4.69) is 10.3 Å². The first-order valence-corrected chi connectivity index (χ1v) is 8.83. The maximum Gasteiger partial charge on any atom is 0.273 e. The van der Waals surface area contributed by atoms with Crippen molar-refractivity contribution in [2.24, 2.45) is 0 Å². The Labute approximate surface area is 156 Å². The normalized spacial score (nSPS) is 12.4. The minimum Gasteiger partial charge on any atom is -0.324 e. The zero-order valence-electron chi connectivity index (χ0n) is 15.4. The summed E-state index contributed by atoms with van der Waals surface area (Å²) in [6.07, 6.45) is 0. The van der Waals surface area contributed by atoms with Gasteiger partial charge < -0.3 is 5.32 Å². The zero-order chi connectivity index (χ0) is 19.1. The van der Waals surface area contributed by atoms with Crippen LogP contribution in [0.3, 0.4) is 0 Å². The Kier molecular flexibility index (Phi) is 4.03. The molecule has 4 aromatic rings. The number of fused-ring (bicyclic) bond motifs is 3. The van der Waals surface area contributed by atoms with Gasteiger partial charge in [-0.15, -0.1) is 0 Å². The van der Waals surface area contributed by atoms with Gasteiger partial charge in [0.05, 0.1) is 5.52 Å². The third-order valence-electron chi connectivity index (χ3n) is 4.84. The molecule has 4 rings (SSSR count). The molecule has 1 atom stereocenters. The van der Waals surface area contributed by atoms with E-state index in [4.69, 9.17) is 0 Å². The van der Waals surface area contributed by atoms with Crippen molar-refractivity contribution >= 4 is 28.1 Å². The molecular formula is C21H20N4O2. The van der Waals surface area contributed by atoms with Gasteiger partial charge in [-0.3, -0.25) is 14.3 Å². The fourth-order valence-electron chi connectivity index (χ4n) is 3.45. The van der Waals surface area contributed by atoms with Gasteiger partial charge in [-0.2, -0.15) is 4.98 Å². The second kappa shape index (κ2) is 6.39. The fraction of sp³-hybridized carbons (Fsp3) is 0.190. The summed E-state index contributed by atoms with van der Waals surface area (Å²) in [7, 11) is 0. The molecular weight excluding hydrogens is 340 g/mol. The first-order chi connectivity index (χ1) is 13.0. The van der Waals surface area contributed by atoms with Crippen LogP contribution in [0, 0.1) is 13.8 Å². The van der Waals surface area contributed by atoms with Crippen molar-refractivity contribution in [3.8, 4) is 0 Å². The van der Waals surface area contributed by atoms with Crippen LogP contribution < -0.4 is 10.9 Å². The highest BCUT2D eigenvalue weighted by atomic mass is 16.2. The highest BCUT2D eigenvalue weighted by molar-refractivity contribution is 5.97. The smallest absolute Gasteiger partial charge is 0.273 e. The van der Waals surface area contributed by atoms with Gasteiger partial charge in [-0.1, -0.05) is 30.3 Å². The molecule has 2 aromatic heterocycles. The van der Waals surface area contributed by atoms with Crippen molar-refractivity contribution < 1.29 is 4.79 Å². The number of carbonyl (C=O) groups excluding carboxylic acids is 1. The van der Waals surface area contributed by atoms with E-state index in [0.29, 0.717) is 5.65 Å². The zero-order valence-corrected chi connectivity index (χ0v) is 15.4. The lowest BCUT2D eigenvalue weighted by Crippen LogP contribution is -2.27. The van der Waals surface area contributed by atoms with E-state index in [0.717, 1.165) is 27.8 Å². The van der Waals surface area contributed by atoms with Crippen LogP contribution in [0.1, 0.15) is 24.2 Å². The van der Waals surface area contributed by atoms with E-state index in [-0.39, 0.29) is 11.5 Å². The molecule has 0 bridgehead atoms. The number of carbonyl (C=O) groups is 1. The number of anilines is 1. The third kappa shape index (κ3) is 2.79. The molecule has 6 nitrogen and oxygen atoms in total. The van der Waals surface area contributed by atoms with Crippen LogP contribution in [-0.4, -0.2) is 20.1 Å². The van der Waals surface area contributed by atoms with E-state index >= 15 is 0 Å². The van der Waals surface area contributed by atoms with Crippen LogP contribution in [-0.2, 0) is 4.79 Å². The highest BCUT2D eigenvalue weighted by Crippen LogP contribution is 2.26. The number of aryl methyl sites for hydroxylation is 2. The van der Waals surface area contributed by atoms with E-state index in [1.54, 1.807) is 0 Å². The van der Waals surface area contributed by atoms with E-state index in [1.807, 2.05) is 78.5 Å². The fourth-order valence-corrected chi connectivity index (χ4v) is 3.45. The van der Waals surface area contributed by atoms with Crippen molar-refractivity contribution in [3.63, 3.8) is 0 Å². The van der Waals surface area contributed by atoms with Gasteiger partial charge in [-0.05, 0) is 44.5 Å². The molecule has 0 aliphatic heterocycles. The van der Waals surface area contributed by atoms with Crippen molar-refractivity contribution in [2.45, 2.75) is 26.8 Å². The number of rotatable bonds is 3. The van der Waals surface area contributed by atoms with Crippen LogP contribution in [0.5, 0.6) is 0 Å². The van der Waals surface area contributed by atoms with Crippen LogP contribution in [0.2, 0.25) is 0 Å². The highest BCUT2D eigenvalue weighted by Gasteiger charge is 2.22. The van der Waals surface area contributed by atoms with E-state index < -0.39 is 6.04 Å². The Morgan fingerprint density at radius 2 is 1.78 bits per heavy atom. The summed E-state index contributed by atoms with van der Waals surface area (Å²) >= 11 is 0. The third-order valence-corrected chi connectivity index (χ3v) is 4.84. The van der Waals surface area contributed by atoms with Crippen molar-refractivity contribution in [2.75, 3.05) is 5.32 Å². The summed E-state index contributed by atoms with van der Waals surface area (Å²) in [4.78, 5) is 29.1.